The first-order valence-corrected chi connectivity index (χ1v) is 4.62. The molecule has 0 aliphatic heterocycles. The van der Waals surface area contributed by atoms with Crippen LogP contribution in [0.4, 0.5) is 0 Å². The lowest BCUT2D eigenvalue weighted by molar-refractivity contribution is 0.116. The zero-order chi connectivity index (χ0) is 10.0. The Balaban J connectivity index is 2.23. The van der Waals surface area contributed by atoms with E-state index in [1.165, 1.54) is 0 Å². The van der Waals surface area contributed by atoms with Crippen LogP contribution in [0.15, 0.2) is 18.5 Å². The maximum atomic E-state index is 5.12. The number of hydrogen-bond acceptors (Lipinski definition) is 4. The highest BCUT2D eigenvalue weighted by Gasteiger charge is 2.45. The van der Waals surface area contributed by atoms with E-state index in [1.54, 1.807) is 13.3 Å². The molecule has 76 valence electrons. The minimum absolute atomic E-state index is 0.0935. The topological polar surface area (TPSA) is 57.4 Å². The predicted octanol–water partition coefficient (Wildman–Crippen LogP) is 1.01. The minimum atomic E-state index is 0.0935. The lowest BCUT2D eigenvalue weighted by Crippen LogP contribution is -2.18. The van der Waals surface area contributed by atoms with E-state index in [1.807, 2.05) is 12.3 Å². The number of rotatable bonds is 4. The van der Waals surface area contributed by atoms with Crippen LogP contribution in [-0.2, 0) is 10.3 Å². The van der Waals surface area contributed by atoms with Crippen molar-refractivity contribution in [3.05, 3.63) is 24.0 Å². The second kappa shape index (κ2) is 3.55. The van der Waals surface area contributed by atoms with Crippen LogP contribution in [0, 0.1) is 0 Å². The fourth-order valence-electron chi connectivity index (χ4n) is 1.65. The largest absolute Gasteiger partial charge is 0.495 e. The summed E-state index contributed by atoms with van der Waals surface area (Å²) < 4.78 is 5.12. The van der Waals surface area contributed by atoms with E-state index in [0.717, 1.165) is 24.2 Å². The third kappa shape index (κ3) is 1.58. The van der Waals surface area contributed by atoms with Gasteiger partial charge in [-0.05, 0) is 24.5 Å². The van der Waals surface area contributed by atoms with Crippen LogP contribution in [0.5, 0.6) is 5.75 Å². The third-order valence-electron chi connectivity index (χ3n) is 2.77. The number of hydrogen-bond donors (Lipinski definition) is 1. The summed E-state index contributed by atoms with van der Waals surface area (Å²) in [6.07, 6.45) is 5.77. The SMILES string of the molecule is COc1cncc(C2(CON)CC2)c1. The van der Waals surface area contributed by atoms with Gasteiger partial charge in [0, 0.05) is 11.6 Å². The molecule has 0 saturated heterocycles. The van der Waals surface area contributed by atoms with Gasteiger partial charge in [-0.3, -0.25) is 4.98 Å². The fraction of sp³-hybridized carbons (Fsp3) is 0.500. The van der Waals surface area contributed by atoms with E-state index in [2.05, 4.69) is 4.98 Å². The van der Waals surface area contributed by atoms with Crippen molar-refractivity contribution < 1.29 is 9.57 Å². The number of nitrogens with zero attached hydrogens (tertiary/aromatic N) is 1. The zero-order valence-electron chi connectivity index (χ0n) is 8.19. The summed E-state index contributed by atoms with van der Waals surface area (Å²) in [4.78, 5) is 8.85. The molecule has 0 spiro atoms. The molecule has 0 atom stereocenters. The normalized spacial score (nSPS) is 17.9. The Hall–Kier alpha value is -1.13. The Morgan fingerprint density at radius 1 is 1.50 bits per heavy atom. The molecule has 0 radical (unpaired) electrons. The van der Waals surface area contributed by atoms with E-state index >= 15 is 0 Å². The smallest absolute Gasteiger partial charge is 0.137 e. The molecule has 2 N–H and O–H groups in total. The maximum absolute atomic E-state index is 5.12. The monoisotopic (exact) mass is 194 g/mol. The first kappa shape index (κ1) is 9.43. The number of methoxy groups -OCH3 is 1. The summed E-state index contributed by atoms with van der Waals surface area (Å²) in [7, 11) is 1.64. The van der Waals surface area contributed by atoms with E-state index in [-0.39, 0.29) is 5.41 Å². The van der Waals surface area contributed by atoms with Crippen LogP contribution >= 0.6 is 0 Å². The van der Waals surface area contributed by atoms with Gasteiger partial charge < -0.3 is 9.57 Å². The number of aromatic nitrogens is 1. The van der Waals surface area contributed by atoms with Gasteiger partial charge in [-0.15, -0.1) is 0 Å². The number of ether oxygens (including phenoxy) is 1. The van der Waals surface area contributed by atoms with Gasteiger partial charge in [-0.25, -0.2) is 5.90 Å². The van der Waals surface area contributed by atoms with Crippen molar-refractivity contribution in [1.82, 2.24) is 4.98 Å². The lowest BCUT2D eigenvalue weighted by atomic mass is 9.99. The molecule has 1 fully saturated rings. The van der Waals surface area contributed by atoms with Gasteiger partial charge in [0.2, 0.25) is 0 Å². The summed E-state index contributed by atoms with van der Waals surface area (Å²) in [5.74, 6) is 5.89. The molecule has 0 amide bonds. The van der Waals surface area contributed by atoms with Crippen molar-refractivity contribution in [3.63, 3.8) is 0 Å². The fourth-order valence-corrected chi connectivity index (χ4v) is 1.65. The highest BCUT2D eigenvalue weighted by molar-refractivity contribution is 5.34. The van der Waals surface area contributed by atoms with Crippen molar-refractivity contribution in [1.29, 1.82) is 0 Å². The third-order valence-corrected chi connectivity index (χ3v) is 2.77. The molecule has 0 bridgehead atoms. The molecule has 1 aromatic rings. The first-order chi connectivity index (χ1) is 6.80. The summed E-state index contributed by atoms with van der Waals surface area (Å²) in [6, 6.07) is 2.00. The molecule has 14 heavy (non-hydrogen) atoms. The Labute approximate surface area is 83.0 Å². The Kier molecular flexibility index (Phi) is 2.39. The summed E-state index contributed by atoms with van der Waals surface area (Å²) >= 11 is 0. The average Bonchev–Trinajstić information content (AvgIpc) is 3.00. The van der Waals surface area contributed by atoms with Crippen molar-refractivity contribution >= 4 is 0 Å². The molecular weight excluding hydrogens is 180 g/mol. The molecule has 1 aromatic heterocycles. The molecule has 1 aliphatic rings. The zero-order valence-corrected chi connectivity index (χ0v) is 8.19. The van der Waals surface area contributed by atoms with Gasteiger partial charge in [-0.2, -0.15) is 0 Å². The first-order valence-electron chi connectivity index (χ1n) is 4.62. The number of nitrogens with two attached hydrogens (primary N) is 1. The molecule has 1 saturated carbocycles. The number of pyridine rings is 1. The molecule has 4 heteroatoms. The van der Waals surface area contributed by atoms with E-state index in [9.17, 15) is 0 Å². The van der Waals surface area contributed by atoms with Crippen molar-refractivity contribution in [2.45, 2.75) is 18.3 Å². The minimum Gasteiger partial charge on any atom is -0.495 e. The second-order valence-corrected chi connectivity index (χ2v) is 3.70. The Morgan fingerprint density at radius 2 is 2.29 bits per heavy atom. The van der Waals surface area contributed by atoms with Crippen LogP contribution in [0.2, 0.25) is 0 Å². The van der Waals surface area contributed by atoms with E-state index in [0.29, 0.717) is 6.61 Å². The van der Waals surface area contributed by atoms with Crippen LogP contribution in [0.25, 0.3) is 0 Å². The predicted molar refractivity (Wildman–Crippen MR) is 51.8 cm³/mol. The van der Waals surface area contributed by atoms with Crippen LogP contribution in [0.3, 0.4) is 0 Å². The van der Waals surface area contributed by atoms with E-state index < -0.39 is 0 Å². The second-order valence-electron chi connectivity index (χ2n) is 3.70. The summed E-state index contributed by atoms with van der Waals surface area (Å²) in [6.45, 7) is 0.557. The summed E-state index contributed by atoms with van der Waals surface area (Å²) in [5.41, 5.74) is 1.25. The standard InChI is InChI=1S/C10H14N2O2/c1-13-9-4-8(5-12-6-9)10(2-3-10)7-14-11/h4-6H,2-3,7,11H2,1H3. The van der Waals surface area contributed by atoms with E-state index in [4.69, 9.17) is 15.5 Å². The van der Waals surface area contributed by atoms with Crippen LogP contribution in [-0.4, -0.2) is 18.7 Å². The molecule has 0 unspecified atom stereocenters. The van der Waals surface area contributed by atoms with Gasteiger partial charge in [0.05, 0.1) is 19.9 Å². The Morgan fingerprint density at radius 3 is 2.86 bits per heavy atom. The highest BCUT2D eigenvalue weighted by Crippen LogP contribution is 2.48. The van der Waals surface area contributed by atoms with Crippen molar-refractivity contribution in [2.75, 3.05) is 13.7 Å². The van der Waals surface area contributed by atoms with Gasteiger partial charge >= 0.3 is 0 Å². The molecular formula is C10H14N2O2. The van der Waals surface area contributed by atoms with Gasteiger partial charge in [0.25, 0.3) is 0 Å². The average molecular weight is 194 g/mol. The quantitative estimate of drug-likeness (QED) is 0.727. The van der Waals surface area contributed by atoms with Gasteiger partial charge in [0.15, 0.2) is 0 Å². The molecule has 1 heterocycles. The molecule has 4 nitrogen and oxygen atoms in total. The molecule has 2 rings (SSSR count). The van der Waals surface area contributed by atoms with Crippen LogP contribution in [0.1, 0.15) is 18.4 Å². The lowest BCUT2D eigenvalue weighted by Gasteiger charge is -2.13. The van der Waals surface area contributed by atoms with Crippen molar-refractivity contribution in [2.24, 2.45) is 5.90 Å². The van der Waals surface area contributed by atoms with Gasteiger partial charge in [0.1, 0.15) is 5.75 Å². The molecule has 0 aromatic carbocycles. The molecule has 1 aliphatic carbocycles. The summed E-state index contributed by atoms with van der Waals surface area (Å²) in [5, 5.41) is 0. The van der Waals surface area contributed by atoms with Gasteiger partial charge in [-0.1, -0.05) is 0 Å². The van der Waals surface area contributed by atoms with Crippen LogP contribution < -0.4 is 10.6 Å². The maximum Gasteiger partial charge on any atom is 0.137 e. The Bertz CT molecular complexity index is 324. The van der Waals surface area contributed by atoms with Crippen molar-refractivity contribution in [3.8, 4) is 5.75 Å². The highest BCUT2D eigenvalue weighted by atomic mass is 16.6.